The van der Waals surface area contributed by atoms with Crippen molar-refractivity contribution in [3.8, 4) is 0 Å². The molecule has 1 radical (unpaired) electrons. The van der Waals surface area contributed by atoms with Gasteiger partial charge >= 0.3 is 0 Å². The molecule has 17 heavy (non-hydrogen) atoms. The lowest BCUT2D eigenvalue weighted by molar-refractivity contribution is 0.794. The molecule has 1 atom stereocenters. The Kier molecular flexibility index (Phi) is 2.72. The first-order valence-corrected chi connectivity index (χ1v) is 6.50. The number of aryl methyl sites for hydroxylation is 1. The van der Waals surface area contributed by atoms with Gasteiger partial charge in [-0.2, -0.15) is 0 Å². The van der Waals surface area contributed by atoms with E-state index in [0.717, 1.165) is 0 Å². The fraction of sp³-hybridized carbons (Fsp3) is 0.294. The number of unbranched alkanes of at least 4 members (excludes halogenated alkanes) is 1. The maximum absolute atomic E-state index is 3.53. The van der Waals surface area contributed by atoms with Crippen LogP contribution in [0.1, 0.15) is 42.4 Å². The van der Waals surface area contributed by atoms with Gasteiger partial charge in [0, 0.05) is 5.92 Å². The van der Waals surface area contributed by atoms with Crippen LogP contribution in [0.25, 0.3) is 0 Å². The van der Waals surface area contributed by atoms with E-state index in [-0.39, 0.29) is 0 Å². The van der Waals surface area contributed by atoms with Gasteiger partial charge in [-0.1, -0.05) is 55.8 Å². The Morgan fingerprint density at radius 3 is 3.06 bits per heavy atom. The summed E-state index contributed by atoms with van der Waals surface area (Å²) >= 11 is 0. The zero-order valence-corrected chi connectivity index (χ0v) is 10.2. The molecule has 0 heteroatoms. The highest BCUT2D eigenvalue weighted by Gasteiger charge is 2.22. The third-order valence-corrected chi connectivity index (χ3v) is 3.58. The second-order valence-electron chi connectivity index (χ2n) is 4.83. The van der Waals surface area contributed by atoms with Crippen LogP contribution < -0.4 is 0 Å². The average Bonchev–Trinajstić information content (AvgIpc) is 2.74. The maximum Gasteiger partial charge on any atom is 0.0285 e. The fourth-order valence-electron chi connectivity index (χ4n) is 2.61. The molecule has 0 bridgehead atoms. The number of hydrogen-bond donors (Lipinski definition) is 0. The van der Waals surface area contributed by atoms with Crippen molar-refractivity contribution < 1.29 is 0 Å². The number of benzene rings is 1. The van der Waals surface area contributed by atoms with Gasteiger partial charge in [0.1, 0.15) is 0 Å². The molecular weight excluding hydrogens is 204 g/mol. The summed E-state index contributed by atoms with van der Waals surface area (Å²) in [5.41, 5.74) is 5.48. The highest BCUT2D eigenvalue weighted by molar-refractivity contribution is 5.56. The first-order valence-electron chi connectivity index (χ1n) is 6.50. The second-order valence-corrected chi connectivity index (χ2v) is 4.83. The lowest BCUT2D eigenvalue weighted by atomic mass is 9.91. The summed E-state index contributed by atoms with van der Waals surface area (Å²) in [5, 5.41) is 0. The standard InChI is InChI=1S/C17H17/c1-2-3-6-13-9-10-17-15(11-13)12-14-7-4-5-8-16(14)17/h4-5,7-11,16H,2-3,6H2,1H3. The van der Waals surface area contributed by atoms with E-state index in [1.54, 1.807) is 0 Å². The van der Waals surface area contributed by atoms with Gasteiger partial charge in [-0.25, -0.2) is 0 Å². The van der Waals surface area contributed by atoms with Crippen LogP contribution in [0, 0.1) is 6.08 Å². The third kappa shape index (κ3) is 1.88. The van der Waals surface area contributed by atoms with Gasteiger partial charge in [0.15, 0.2) is 0 Å². The quantitative estimate of drug-likeness (QED) is 0.712. The molecule has 1 unspecified atom stereocenters. The first kappa shape index (κ1) is 10.6. The molecular formula is C17H17. The maximum atomic E-state index is 3.53. The summed E-state index contributed by atoms with van der Waals surface area (Å²) < 4.78 is 0. The molecule has 0 saturated carbocycles. The van der Waals surface area contributed by atoms with E-state index in [1.165, 1.54) is 41.5 Å². The molecule has 0 amide bonds. The van der Waals surface area contributed by atoms with Crippen LogP contribution in [-0.2, 0) is 6.42 Å². The molecule has 0 nitrogen and oxygen atoms in total. The highest BCUT2D eigenvalue weighted by atomic mass is 14.3. The van der Waals surface area contributed by atoms with Crippen molar-refractivity contribution in [3.05, 3.63) is 70.8 Å². The minimum atomic E-state index is 0.454. The van der Waals surface area contributed by atoms with Crippen molar-refractivity contribution in [2.45, 2.75) is 32.1 Å². The van der Waals surface area contributed by atoms with Crippen LogP contribution in [0.4, 0.5) is 0 Å². The van der Waals surface area contributed by atoms with Gasteiger partial charge in [-0.3, -0.25) is 0 Å². The van der Waals surface area contributed by atoms with E-state index in [2.05, 4.69) is 55.5 Å². The number of rotatable bonds is 3. The van der Waals surface area contributed by atoms with Crippen molar-refractivity contribution in [2.75, 3.05) is 0 Å². The predicted octanol–water partition coefficient (Wildman–Crippen LogP) is 4.33. The van der Waals surface area contributed by atoms with Gasteiger partial charge in [0.05, 0.1) is 0 Å². The molecule has 0 aromatic heterocycles. The lowest BCUT2D eigenvalue weighted by Gasteiger charge is -2.12. The van der Waals surface area contributed by atoms with Crippen molar-refractivity contribution in [1.29, 1.82) is 0 Å². The van der Waals surface area contributed by atoms with Crippen LogP contribution in [0.5, 0.6) is 0 Å². The minimum absolute atomic E-state index is 0.454. The molecule has 0 N–H and O–H groups in total. The smallest absolute Gasteiger partial charge is 0.0285 e. The van der Waals surface area contributed by atoms with Crippen molar-refractivity contribution >= 4 is 0 Å². The molecule has 2 aliphatic rings. The molecule has 0 saturated heterocycles. The van der Waals surface area contributed by atoms with Crippen LogP contribution in [-0.4, -0.2) is 0 Å². The van der Waals surface area contributed by atoms with Crippen molar-refractivity contribution in [1.82, 2.24) is 0 Å². The molecule has 0 fully saturated rings. The Bertz CT molecular complexity index is 515. The topological polar surface area (TPSA) is 0 Å². The van der Waals surface area contributed by atoms with Gasteiger partial charge in [0.2, 0.25) is 0 Å². The molecule has 3 rings (SSSR count). The normalized spacial score (nSPS) is 20.1. The molecule has 1 aromatic rings. The van der Waals surface area contributed by atoms with Crippen LogP contribution in [0.15, 0.2) is 48.1 Å². The van der Waals surface area contributed by atoms with Crippen LogP contribution in [0.2, 0.25) is 0 Å². The van der Waals surface area contributed by atoms with Crippen LogP contribution in [0.3, 0.4) is 0 Å². The SMILES string of the molecule is CCCCc1ccc2c(c1)[C]=C1C=CC=CC12. The number of hydrogen-bond acceptors (Lipinski definition) is 0. The Labute approximate surface area is 103 Å². The summed E-state index contributed by atoms with van der Waals surface area (Å²) in [7, 11) is 0. The minimum Gasteiger partial charge on any atom is -0.0726 e. The zero-order chi connectivity index (χ0) is 11.7. The molecule has 2 aliphatic carbocycles. The number of fused-ring (bicyclic) bond motifs is 3. The average molecular weight is 221 g/mol. The summed E-state index contributed by atoms with van der Waals surface area (Å²) in [6.45, 7) is 2.24. The highest BCUT2D eigenvalue weighted by Crippen LogP contribution is 2.38. The van der Waals surface area contributed by atoms with E-state index >= 15 is 0 Å². The molecule has 0 aliphatic heterocycles. The Morgan fingerprint density at radius 1 is 1.24 bits per heavy atom. The van der Waals surface area contributed by atoms with E-state index < -0.39 is 0 Å². The second kappa shape index (κ2) is 4.37. The Morgan fingerprint density at radius 2 is 2.18 bits per heavy atom. The third-order valence-electron chi connectivity index (χ3n) is 3.58. The Balaban J connectivity index is 1.93. The van der Waals surface area contributed by atoms with E-state index in [4.69, 9.17) is 0 Å². The zero-order valence-electron chi connectivity index (χ0n) is 10.2. The van der Waals surface area contributed by atoms with Crippen molar-refractivity contribution in [3.63, 3.8) is 0 Å². The van der Waals surface area contributed by atoms with E-state index in [1.807, 2.05) is 0 Å². The first-order chi connectivity index (χ1) is 8.38. The van der Waals surface area contributed by atoms with Crippen molar-refractivity contribution in [2.24, 2.45) is 0 Å². The molecule has 85 valence electrons. The Hall–Kier alpha value is -1.56. The van der Waals surface area contributed by atoms with E-state index in [0.29, 0.717) is 5.92 Å². The lowest BCUT2D eigenvalue weighted by Crippen LogP contribution is -1.96. The molecule has 1 aromatic carbocycles. The summed E-state index contributed by atoms with van der Waals surface area (Å²) in [6, 6.07) is 6.89. The van der Waals surface area contributed by atoms with Gasteiger partial charge in [0.25, 0.3) is 0 Å². The summed E-state index contributed by atoms with van der Waals surface area (Å²) in [6.07, 6.45) is 15.9. The van der Waals surface area contributed by atoms with Gasteiger partial charge < -0.3 is 0 Å². The largest absolute Gasteiger partial charge is 0.0726 e. The van der Waals surface area contributed by atoms with Gasteiger partial charge in [-0.05, 0) is 41.2 Å². The molecule has 0 heterocycles. The molecule has 0 spiro atoms. The summed E-state index contributed by atoms with van der Waals surface area (Å²) in [5.74, 6) is 0.454. The summed E-state index contributed by atoms with van der Waals surface area (Å²) in [4.78, 5) is 0. The van der Waals surface area contributed by atoms with Crippen LogP contribution >= 0.6 is 0 Å². The fourth-order valence-corrected chi connectivity index (χ4v) is 2.61. The monoisotopic (exact) mass is 221 g/mol. The van der Waals surface area contributed by atoms with E-state index in [9.17, 15) is 0 Å². The number of allylic oxidation sites excluding steroid dienone is 5. The predicted molar refractivity (Wildman–Crippen MR) is 71.9 cm³/mol. The van der Waals surface area contributed by atoms with Gasteiger partial charge in [-0.15, -0.1) is 0 Å².